The van der Waals surface area contributed by atoms with Crippen LogP contribution in [0.5, 0.6) is 0 Å². The van der Waals surface area contributed by atoms with Crippen LogP contribution in [0.25, 0.3) is 0 Å². The molecule has 1 aliphatic heterocycles. The van der Waals surface area contributed by atoms with Gasteiger partial charge in [0.2, 0.25) is 15.9 Å². The molecule has 3 aromatic rings. The standard InChI is InChI=1S/C25H25FN2O3S/c1-18-11-13-22(14-12-18)32(30,31)27(16-21-8-3-5-9-23(21)26)17-25(29)28-19(2)15-20-7-4-6-10-24(20)28/h3-14,19H,15-17H2,1-2H3/t19-/m0/s1. The van der Waals surface area contributed by atoms with E-state index in [-0.39, 0.29) is 35.5 Å². The molecule has 4 rings (SSSR count). The summed E-state index contributed by atoms with van der Waals surface area (Å²) in [5.74, 6) is -0.849. The average Bonchev–Trinajstić information content (AvgIpc) is 3.10. The highest BCUT2D eigenvalue weighted by atomic mass is 32.2. The minimum Gasteiger partial charge on any atom is -0.308 e. The van der Waals surface area contributed by atoms with Crippen molar-refractivity contribution in [3.05, 3.63) is 95.3 Å². The van der Waals surface area contributed by atoms with Crippen molar-refractivity contribution in [1.29, 1.82) is 0 Å². The Labute approximate surface area is 188 Å². The number of nitrogens with zero attached hydrogens (tertiary/aromatic N) is 2. The molecule has 32 heavy (non-hydrogen) atoms. The van der Waals surface area contributed by atoms with Crippen molar-refractivity contribution in [2.45, 2.75) is 37.8 Å². The van der Waals surface area contributed by atoms with Gasteiger partial charge in [-0.25, -0.2) is 12.8 Å². The van der Waals surface area contributed by atoms with Gasteiger partial charge in [-0.3, -0.25) is 4.79 Å². The molecule has 0 aromatic heterocycles. The summed E-state index contributed by atoms with van der Waals surface area (Å²) in [5.41, 5.74) is 2.98. The SMILES string of the molecule is Cc1ccc(S(=O)(=O)N(CC(=O)N2c3ccccc3C[C@@H]2C)Cc2ccccc2F)cc1. The molecule has 0 unspecified atom stereocenters. The molecule has 7 heteroatoms. The minimum atomic E-state index is -4.03. The van der Waals surface area contributed by atoms with Crippen LogP contribution < -0.4 is 4.90 Å². The zero-order valence-corrected chi connectivity index (χ0v) is 18.8. The highest BCUT2D eigenvalue weighted by Gasteiger charge is 2.34. The fourth-order valence-electron chi connectivity index (χ4n) is 4.07. The van der Waals surface area contributed by atoms with Crippen molar-refractivity contribution in [3.8, 4) is 0 Å². The second-order valence-corrected chi connectivity index (χ2v) is 10.1. The van der Waals surface area contributed by atoms with Crippen LogP contribution in [0.4, 0.5) is 10.1 Å². The van der Waals surface area contributed by atoms with Gasteiger partial charge in [-0.15, -0.1) is 0 Å². The molecule has 0 saturated carbocycles. The van der Waals surface area contributed by atoms with Gasteiger partial charge in [-0.05, 0) is 50.1 Å². The average molecular weight is 453 g/mol. The molecule has 0 aliphatic carbocycles. The molecule has 1 amide bonds. The van der Waals surface area contributed by atoms with Crippen LogP contribution in [0.15, 0.2) is 77.7 Å². The molecule has 3 aromatic carbocycles. The molecule has 0 radical (unpaired) electrons. The quantitative estimate of drug-likeness (QED) is 0.560. The Bertz CT molecular complexity index is 1240. The molecule has 1 heterocycles. The first-order valence-electron chi connectivity index (χ1n) is 10.5. The zero-order valence-electron chi connectivity index (χ0n) is 18.0. The van der Waals surface area contributed by atoms with Gasteiger partial charge < -0.3 is 4.90 Å². The number of sulfonamides is 1. The number of anilines is 1. The van der Waals surface area contributed by atoms with E-state index in [1.165, 1.54) is 24.3 Å². The zero-order chi connectivity index (χ0) is 22.9. The second-order valence-electron chi connectivity index (χ2n) is 8.12. The molecule has 0 N–H and O–H groups in total. The number of rotatable bonds is 6. The van der Waals surface area contributed by atoms with E-state index in [2.05, 4.69) is 0 Å². The third-order valence-electron chi connectivity index (χ3n) is 5.75. The maximum atomic E-state index is 14.4. The van der Waals surface area contributed by atoms with Crippen molar-refractivity contribution in [2.75, 3.05) is 11.4 Å². The number of para-hydroxylation sites is 1. The number of amides is 1. The third-order valence-corrected chi connectivity index (χ3v) is 7.56. The summed E-state index contributed by atoms with van der Waals surface area (Å²) in [6, 6.07) is 20.0. The van der Waals surface area contributed by atoms with Gasteiger partial charge in [0.1, 0.15) is 5.82 Å². The van der Waals surface area contributed by atoms with Crippen molar-refractivity contribution in [2.24, 2.45) is 0 Å². The van der Waals surface area contributed by atoms with Gasteiger partial charge in [-0.2, -0.15) is 4.31 Å². The van der Waals surface area contributed by atoms with Gasteiger partial charge in [-0.1, -0.05) is 54.1 Å². The molecule has 0 fully saturated rings. The predicted molar refractivity (Wildman–Crippen MR) is 122 cm³/mol. The lowest BCUT2D eigenvalue weighted by Crippen LogP contribution is -2.44. The molecule has 1 atom stereocenters. The first-order valence-corrected chi connectivity index (χ1v) is 11.9. The summed E-state index contributed by atoms with van der Waals surface area (Å²) in [4.78, 5) is 15.1. The fraction of sp³-hybridized carbons (Fsp3) is 0.240. The van der Waals surface area contributed by atoms with Crippen LogP contribution in [0.2, 0.25) is 0 Å². The molecule has 166 valence electrons. The summed E-state index contributed by atoms with van der Waals surface area (Å²) in [7, 11) is -4.03. The Morgan fingerprint density at radius 3 is 2.41 bits per heavy atom. The molecule has 1 aliphatic rings. The molecular formula is C25H25FN2O3S. The van der Waals surface area contributed by atoms with Crippen LogP contribution in [0.3, 0.4) is 0 Å². The highest BCUT2D eigenvalue weighted by molar-refractivity contribution is 7.89. The first-order chi connectivity index (χ1) is 15.3. The molecule has 0 bridgehead atoms. The monoisotopic (exact) mass is 452 g/mol. The number of benzene rings is 3. The predicted octanol–water partition coefficient (Wildman–Crippen LogP) is 4.30. The fourth-order valence-corrected chi connectivity index (χ4v) is 5.44. The number of hydrogen-bond donors (Lipinski definition) is 0. The Morgan fingerprint density at radius 2 is 1.69 bits per heavy atom. The van der Waals surface area contributed by atoms with Crippen LogP contribution in [-0.2, 0) is 27.8 Å². The molecule has 0 saturated heterocycles. The highest BCUT2D eigenvalue weighted by Crippen LogP contribution is 2.32. The molecule has 5 nitrogen and oxygen atoms in total. The first kappa shape index (κ1) is 22.2. The number of fused-ring (bicyclic) bond motifs is 1. The second kappa shape index (κ2) is 8.84. The lowest BCUT2D eigenvalue weighted by molar-refractivity contribution is -0.119. The van der Waals surface area contributed by atoms with Gasteiger partial charge in [0, 0.05) is 23.8 Å². The lowest BCUT2D eigenvalue weighted by atomic mass is 10.1. The Morgan fingerprint density at radius 1 is 1.03 bits per heavy atom. The van der Waals surface area contributed by atoms with Crippen LogP contribution in [0, 0.1) is 12.7 Å². The van der Waals surface area contributed by atoms with E-state index in [0.29, 0.717) is 6.42 Å². The summed E-state index contributed by atoms with van der Waals surface area (Å²) in [6.45, 7) is 3.18. The number of aryl methyl sites for hydroxylation is 1. The Balaban J connectivity index is 1.69. The maximum absolute atomic E-state index is 14.4. The molecule has 0 spiro atoms. The Hall–Kier alpha value is -3.03. The van der Waals surface area contributed by atoms with Crippen LogP contribution in [-0.4, -0.2) is 31.2 Å². The third kappa shape index (κ3) is 4.31. The maximum Gasteiger partial charge on any atom is 0.243 e. The van der Waals surface area contributed by atoms with Crippen molar-refractivity contribution < 1.29 is 17.6 Å². The molecular weight excluding hydrogens is 427 g/mol. The van der Waals surface area contributed by atoms with Crippen molar-refractivity contribution in [1.82, 2.24) is 4.31 Å². The summed E-state index contributed by atoms with van der Waals surface area (Å²) in [6.07, 6.45) is 0.708. The summed E-state index contributed by atoms with van der Waals surface area (Å²) in [5, 5.41) is 0. The minimum absolute atomic E-state index is 0.0714. The number of halogens is 1. The van der Waals surface area contributed by atoms with E-state index >= 15 is 0 Å². The van der Waals surface area contributed by atoms with Crippen LogP contribution in [0.1, 0.15) is 23.6 Å². The van der Waals surface area contributed by atoms with Gasteiger partial charge in [0.15, 0.2) is 0 Å². The van der Waals surface area contributed by atoms with Crippen molar-refractivity contribution >= 4 is 21.6 Å². The van der Waals surface area contributed by atoms with E-state index in [0.717, 1.165) is 21.1 Å². The van der Waals surface area contributed by atoms with E-state index < -0.39 is 15.8 Å². The normalized spacial score (nSPS) is 15.8. The van der Waals surface area contributed by atoms with E-state index in [1.54, 1.807) is 29.2 Å². The van der Waals surface area contributed by atoms with Gasteiger partial charge in [0.25, 0.3) is 0 Å². The largest absolute Gasteiger partial charge is 0.308 e. The van der Waals surface area contributed by atoms with Crippen molar-refractivity contribution in [3.63, 3.8) is 0 Å². The van der Waals surface area contributed by atoms with Gasteiger partial charge in [0.05, 0.1) is 11.4 Å². The topological polar surface area (TPSA) is 57.7 Å². The number of hydrogen-bond acceptors (Lipinski definition) is 3. The number of carbonyl (C=O) groups is 1. The Kier molecular flexibility index (Phi) is 6.13. The van der Waals surface area contributed by atoms with E-state index in [4.69, 9.17) is 0 Å². The summed E-state index contributed by atoms with van der Waals surface area (Å²) < 4.78 is 42.4. The summed E-state index contributed by atoms with van der Waals surface area (Å²) >= 11 is 0. The smallest absolute Gasteiger partial charge is 0.243 e. The van der Waals surface area contributed by atoms with E-state index in [1.807, 2.05) is 38.1 Å². The lowest BCUT2D eigenvalue weighted by Gasteiger charge is -2.27. The van der Waals surface area contributed by atoms with E-state index in [9.17, 15) is 17.6 Å². The van der Waals surface area contributed by atoms with Crippen LogP contribution >= 0.6 is 0 Å². The van der Waals surface area contributed by atoms with Gasteiger partial charge >= 0.3 is 0 Å². The number of carbonyl (C=O) groups excluding carboxylic acids is 1.